The van der Waals surface area contributed by atoms with E-state index in [1.54, 1.807) is 0 Å². The molecule has 0 atom stereocenters. The third-order valence-electron chi connectivity index (χ3n) is 4.04. The van der Waals surface area contributed by atoms with Crippen LogP contribution in [0.1, 0.15) is 5.56 Å². The second-order valence-corrected chi connectivity index (χ2v) is 7.27. The highest BCUT2D eigenvalue weighted by Crippen LogP contribution is 2.26. The molecule has 4 rings (SSSR count). The Kier molecular flexibility index (Phi) is 5.12. The maximum absolute atomic E-state index is 14.0. The average molecular weight is 458 g/mol. The minimum absolute atomic E-state index is 0.0293. The first kappa shape index (κ1) is 20.2. The van der Waals surface area contributed by atoms with Crippen molar-refractivity contribution >= 4 is 28.9 Å². The number of aromatic nitrogens is 5. The number of aromatic amines is 1. The number of H-pyrrole nitrogens is 1. The number of halogens is 5. The largest absolute Gasteiger partial charge is 0.324 e. The molecule has 0 saturated heterocycles. The molecule has 0 aliphatic heterocycles. The molecule has 0 bridgehead atoms. The van der Waals surface area contributed by atoms with Crippen molar-refractivity contribution in [1.82, 2.24) is 24.4 Å². The van der Waals surface area contributed by atoms with E-state index in [1.807, 2.05) is 0 Å². The molecule has 30 heavy (non-hydrogen) atoms. The van der Waals surface area contributed by atoms with Gasteiger partial charge in [0, 0.05) is 35.7 Å². The van der Waals surface area contributed by atoms with Crippen LogP contribution < -0.4 is 11.1 Å². The molecule has 0 spiro atoms. The van der Waals surface area contributed by atoms with Crippen LogP contribution in [0.25, 0.3) is 11.2 Å². The van der Waals surface area contributed by atoms with Gasteiger partial charge in [0.1, 0.15) is 17.5 Å². The third kappa shape index (κ3) is 3.48. The van der Waals surface area contributed by atoms with Gasteiger partial charge in [-0.3, -0.25) is 14.2 Å². The lowest BCUT2D eigenvalue weighted by Crippen LogP contribution is -2.26. The van der Waals surface area contributed by atoms with Crippen molar-refractivity contribution in [2.24, 2.45) is 0 Å². The highest BCUT2D eigenvalue weighted by Gasteiger charge is 2.20. The first-order valence-corrected chi connectivity index (χ1v) is 9.44. The van der Waals surface area contributed by atoms with Crippen molar-refractivity contribution < 1.29 is 17.6 Å². The monoisotopic (exact) mass is 457 g/mol. The van der Waals surface area contributed by atoms with Crippen LogP contribution in [-0.2, 0) is 5.75 Å². The van der Waals surface area contributed by atoms with Crippen molar-refractivity contribution in [3.05, 3.63) is 85.2 Å². The first-order chi connectivity index (χ1) is 14.3. The van der Waals surface area contributed by atoms with Gasteiger partial charge in [-0.15, -0.1) is 9.73 Å². The van der Waals surface area contributed by atoms with Crippen LogP contribution in [0.2, 0.25) is 5.02 Å². The SMILES string of the molecule is O=c1[nH]cc(-n2c(SCc3c(F)cc(F)cc3F)nn3ncc(Cl)c3c2=O)cc1F. The molecule has 7 nitrogen and oxygen atoms in total. The molecule has 3 aromatic heterocycles. The van der Waals surface area contributed by atoms with Crippen molar-refractivity contribution in [3.8, 4) is 5.69 Å². The summed E-state index contributed by atoms with van der Waals surface area (Å²) in [6.07, 6.45) is 2.23. The predicted molar refractivity (Wildman–Crippen MR) is 100 cm³/mol. The van der Waals surface area contributed by atoms with E-state index in [-0.39, 0.29) is 27.1 Å². The van der Waals surface area contributed by atoms with Crippen molar-refractivity contribution in [1.29, 1.82) is 0 Å². The Labute approximate surface area is 172 Å². The van der Waals surface area contributed by atoms with Gasteiger partial charge in [0.2, 0.25) is 0 Å². The van der Waals surface area contributed by atoms with Gasteiger partial charge in [0.15, 0.2) is 16.5 Å². The maximum Gasteiger partial charge on any atom is 0.286 e. The summed E-state index contributed by atoms with van der Waals surface area (Å²) >= 11 is 6.67. The summed E-state index contributed by atoms with van der Waals surface area (Å²) in [5, 5.41) is 7.75. The molecule has 0 aliphatic carbocycles. The van der Waals surface area contributed by atoms with Crippen LogP contribution in [0, 0.1) is 23.3 Å². The van der Waals surface area contributed by atoms with E-state index < -0.39 is 40.0 Å². The lowest BCUT2D eigenvalue weighted by molar-refractivity contribution is 0.531. The summed E-state index contributed by atoms with van der Waals surface area (Å²) in [7, 11) is 0. The van der Waals surface area contributed by atoms with Crippen LogP contribution in [-0.4, -0.2) is 24.4 Å². The Morgan fingerprint density at radius 3 is 2.43 bits per heavy atom. The lowest BCUT2D eigenvalue weighted by atomic mass is 10.2. The van der Waals surface area contributed by atoms with Gasteiger partial charge in [-0.1, -0.05) is 23.4 Å². The summed E-state index contributed by atoms with van der Waals surface area (Å²) in [5.41, 5.74) is -2.46. The number of pyridine rings is 1. The third-order valence-corrected chi connectivity index (χ3v) is 5.27. The van der Waals surface area contributed by atoms with Gasteiger partial charge in [0.05, 0.1) is 16.9 Å². The van der Waals surface area contributed by atoms with E-state index in [4.69, 9.17) is 11.6 Å². The zero-order valence-corrected chi connectivity index (χ0v) is 16.1. The Hall–Kier alpha value is -3.12. The Bertz CT molecular complexity index is 1390. The molecule has 0 unspecified atom stereocenters. The number of hydrogen-bond donors (Lipinski definition) is 1. The van der Waals surface area contributed by atoms with Crippen molar-refractivity contribution in [3.63, 3.8) is 0 Å². The van der Waals surface area contributed by atoms with Crippen molar-refractivity contribution in [2.75, 3.05) is 0 Å². The van der Waals surface area contributed by atoms with E-state index in [9.17, 15) is 27.2 Å². The number of thioether (sulfide) groups is 1. The highest BCUT2D eigenvalue weighted by molar-refractivity contribution is 7.98. The number of hydrogen-bond acceptors (Lipinski definition) is 5. The lowest BCUT2D eigenvalue weighted by Gasteiger charge is -2.12. The number of rotatable bonds is 4. The number of nitrogens with zero attached hydrogens (tertiary/aromatic N) is 4. The Morgan fingerprint density at radius 1 is 1.07 bits per heavy atom. The fourth-order valence-corrected chi connectivity index (χ4v) is 3.85. The summed E-state index contributed by atoms with van der Waals surface area (Å²) in [4.78, 5) is 26.4. The molecule has 1 aromatic carbocycles. The first-order valence-electron chi connectivity index (χ1n) is 8.07. The minimum Gasteiger partial charge on any atom is -0.324 e. The molecular weight excluding hydrogens is 450 g/mol. The molecule has 0 fully saturated rings. The molecule has 1 N–H and O–H groups in total. The smallest absolute Gasteiger partial charge is 0.286 e. The van der Waals surface area contributed by atoms with E-state index in [1.165, 1.54) is 0 Å². The van der Waals surface area contributed by atoms with Crippen LogP contribution >= 0.6 is 23.4 Å². The zero-order valence-electron chi connectivity index (χ0n) is 14.5. The zero-order chi connectivity index (χ0) is 21.6. The summed E-state index contributed by atoms with van der Waals surface area (Å²) in [6.45, 7) is 0. The van der Waals surface area contributed by atoms with Gasteiger partial charge < -0.3 is 4.98 Å². The standard InChI is InChI=1S/C17H8ClF4N5O2S/c18-10-5-24-27-14(10)16(29)26(8-3-13(22)15(28)23-4-8)17(25-27)30-6-9-11(20)1-7(19)2-12(9)21/h1-5H,6H2,(H,23,28). The molecule has 0 radical (unpaired) electrons. The highest BCUT2D eigenvalue weighted by atomic mass is 35.5. The second kappa shape index (κ2) is 7.61. The fraction of sp³-hybridized carbons (Fsp3) is 0.0588. The number of fused-ring (bicyclic) bond motifs is 1. The van der Waals surface area contributed by atoms with E-state index in [0.717, 1.165) is 27.7 Å². The molecule has 3 heterocycles. The van der Waals surface area contributed by atoms with Gasteiger partial charge >= 0.3 is 0 Å². The topological polar surface area (TPSA) is 85.1 Å². The summed E-state index contributed by atoms with van der Waals surface area (Å²) in [6, 6.07) is 1.84. The van der Waals surface area contributed by atoms with Crippen LogP contribution in [0.15, 0.2) is 45.3 Å². The maximum atomic E-state index is 14.0. The summed E-state index contributed by atoms with van der Waals surface area (Å²) < 4.78 is 56.7. The van der Waals surface area contributed by atoms with Crippen LogP contribution in [0.4, 0.5) is 17.6 Å². The molecule has 13 heteroatoms. The van der Waals surface area contributed by atoms with Gasteiger partial charge in [-0.05, 0) is 0 Å². The van der Waals surface area contributed by atoms with Gasteiger partial charge in [-0.2, -0.15) is 5.10 Å². The minimum atomic E-state index is -1.16. The van der Waals surface area contributed by atoms with Crippen LogP contribution in [0.3, 0.4) is 0 Å². The molecule has 0 amide bonds. The van der Waals surface area contributed by atoms with Crippen molar-refractivity contribution in [2.45, 2.75) is 10.9 Å². The number of nitrogens with one attached hydrogen (secondary N) is 1. The van der Waals surface area contributed by atoms with E-state index in [0.29, 0.717) is 23.9 Å². The summed E-state index contributed by atoms with van der Waals surface area (Å²) in [5.74, 6) is -4.86. The molecule has 0 aliphatic rings. The molecular formula is C17H8ClF4N5O2S. The number of benzene rings is 1. The Balaban J connectivity index is 1.87. The van der Waals surface area contributed by atoms with Gasteiger partial charge in [0.25, 0.3) is 11.1 Å². The van der Waals surface area contributed by atoms with E-state index >= 15 is 0 Å². The van der Waals surface area contributed by atoms with E-state index in [2.05, 4.69) is 15.2 Å². The predicted octanol–water partition coefficient (Wildman–Crippen LogP) is 3.07. The second-order valence-electron chi connectivity index (χ2n) is 5.93. The van der Waals surface area contributed by atoms with Gasteiger partial charge in [-0.25, -0.2) is 17.6 Å². The van der Waals surface area contributed by atoms with Crippen LogP contribution in [0.5, 0.6) is 0 Å². The normalized spacial score (nSPS) is 11.4. The molecule has 154 valence electrons. The Morgan fingerprint density at radius 2 is 1.77 bits per heavy atom. The quantitative estimate of drug-likeness (QED) is 0.376. The average Bonchev–Trinajstić information content (AvgIpc) is 3.04. The molecule has 0 saturated carbocycles. The fourth-order valence-electron chi connectivity index (χ4n) is 2.64. The molecule has 4 aromatic rings.